The van der Waals surface area contributed by atoms with Crippen LogP contribution in [0, 0.1) is 0 Å². The van der Waals surface area contributed by atoms with Crippen LogP contribution in [0.15, 0.2) is 41.8 Å². The number of nitrogens with zero attached hydrogens (tertiary/aromatic N) is 2. The van der Waals surface area contributed by atoms with Crippen molar-refractivity contribution in [1.29, 1.82) is 0 Å². The van der Waals surface area contributed by atoms with Crippen molar-refractivity contribution in [3.63, 3.8) is 0 Å². The summed E-state index contributed by atoms with van der Waals surface area (Å²) in [6.45, 7) is 4.09. The van der Waals surface area contributed by atoms with E-state index >= 15 is 0 Å². The standard InChI is InChI=1S/C27H35N3O2S/c31-26(28-15-9-18-29-16-6-1-7-17-29)24-21-12-4-5-13-22(21)27(32)30(20-10-2-3-11-20)25(24)23-14-8-19-33-23/h4-5,8,12-14,19-20,24-25H,1-3,6-7,9-11,15-18H2,(H,28,31)/t24-,25-/m0/s1. The molecule has 2 fully saturated rings. The third kappa shape index (κ3) is 4.73. The zero-order valence-corrected chi connectivity index (χ0v) is 20.2. The third-order valence-electron chi connectivity index (χ3n) is 7.61. The lowest BCUT2D eigenvalue weighted by molar-refractivity contribution is -0.124. The Balaban J connectivity index is 1.39. The highest BCUT2D eigenvalue weighted by Gasteiger charge is 2.47. The van der Waals surface area contributed by atoms with Crippen molar-refractivity contribution in [2.24, 2.45) is 0 Å². The molecule has 0 radical (unpaired) electrons. The first-order chi connectivity index (χ1) is 16.2. The van der Waals surface area contributed by atoms with Crippen molar-refractivity contribution in [1.82, 2.24) is 15.1 Å². The summed E-state index contributed by atoms with van der Waals surface area (Å²) in [6, 6.07) is 11.9. The second kappa shape index (κ2) is 10.4. The van der Waals surface area contributed by atoms with Crippen LogP contribution in [0.4, 0.5) is 0 Å². The van der Waals surface area contributed by atoms with E-state index in [1.54, 1.807) is 11.3 Å². The van der Waals surface area contributed by atoms with Crippen LogP contribution in [0.2, 0.25) is 0 Å². The third-order valence-corrected chi connectivity index (χ3v) is 8.55. The lowest BCUT2D eigenvalue weighted by Crippen LogP contribution is -2.50. The fourth-order valence-corrected chi connectivity index (χ4v) is 6.85. The summed E-state index contributed by atoms with van der Waals surface area (Å²) in [7, 11) is 0. The zero-order valence-electron chi connectivity index (χ0n) is 19.4. The van der Waals surface area contributed by atoms with Crippen LogP contribution < -0.4 is 5.32 Å². The number of rotatable bonds is 7. The van der Waals surface area contributed by atoms with Crippen LogP contribution in [-0.2, 0) is 4.79 Å². The number of carbonyl (C=O) groups excluding carboxylic acids is 2. The second-order valence-electron chi connectivity index (χ2n) is 9.72. The fourth-order valence-electron chi connectivity index (χ4n) is 5.99. The molecule has 0 unspecified atom stereocenters. The van der Waals surface area contributed by atoms with Crippen molar-refractivity contribution in [3.8, 4) is 0 Å². The number of piperidine rings is 1. The summed E-state index contributed by atoms with van der Waals surface area (Å²) in [5.41, 5.74) is 1.58. The van der Waals surface area contributed by atoms with E-state index in [1.165, 1.54) is 32.4 Å². The molecule has 5 rings (SSSR count). The van der Waals surface area contributed by atoms with Gasteiger partial charge in [0.05, 0.1) is 12.0 Å². The monoisotopic (exact) mass is 465 g/mol. The Bertz CT molecular complexity index is 948. The molecule has 1 aliphatic carbocycles. The van der Waals surface area contributed by atoms with Gasteiger partial charge in [0, 0.05) is 23.0 Å². The van der Waals surface area contributed by atoms with Gasteiger partial charge in [0.2, 0.25) is 5.91 Å². The number of thiophene rings is 1. The highest BCUT2D eigenvalue weighted by atomic mass is 32.1. The quantitative estimate of drug-likeness (QED) is 0.588. The molecule has 2 aliphatic heterocycles. The molecule has 5 nitrogen and oxygen atoms in total. The van der Waals surface area contributed by atoms with Gasteiger partial charge >= 0.3 is 0 Å². The highest BCUT2D eigenvalue weighted by Crippen LogP contribution is 2.47. The van der Waals surface area contributed by atoms with E-state index in [-0.39, 0.29) is 29.8 Å². The van der Waals surface area contributed by atoms with Gasteiger partial charge in [-0.1, -0.05) is 43.5 Å². The van der Waals surface area contributed by atoms with Crippen LogP contribution in [0.25, 0.3) is 0 Å². The number of benzene rings is 1. The van der Waals surface area contributed by atoms with E-state index in [0.717, 1.165) is 49.1 Å². The van der Waals surface area contributed by atoms with Gasteiger partial charge in [-0.15, -0.1) is 11.3 Å². The first kappa shape index (κ1) is 22.6. The smallest absolute Gasteiger partial charge is 0.254 e. The first-order valence-electron chi connectivity index (χ1n) is 12.7. The first-order valence-corrected chi connectivity index (χ1v) is 13.6. The molecule has 0 spiro atoms. The molecule has 3 heterocycles. The van der Waals surface area contributed by atoms with Crippen LogP contribution >= 0.6 is 11.3 Å². The average molecular weight is 466 g/mol. The molecule has 1 aromatic carbocycles. The number of nitrogens with one attached hydrogen (secondary N) is 1. The Hall–Kier alpha value is -2.18. The minimum absolute atomic E-state index is 0.0509. The van der Waals surface area contributed by atoms with Gasteiger partial charge in [-0.25, -0.2) is 0 Å². The molecule has 3 aliphatic rings. The maximum absolute atomic E-state index is 13.7. The Morgan fingerprint density at radius 2 is 1.79 bits per heavy atom. The van der Waals surface area contributed by atoms with Crippen molar-refractivity contribution < 1.29 is 9.59 Å². The molecule has 0 bridgehead atoms. The van der Waals surface area contributed by atoms with Gasteiger partial charge in [0.25, 0.3) is 5.91 Å². The molecule has 176 valence electrons. The van der Waals surface area contributed by atoms with Gasteiger partial charge in [0.1, 0.15) is 0 Å². The maximum atomic E-state index is 13.7. The number of amides is 2. The second-order valence-corrected chi connectivity index (χ2v) is 10.7. The van der Waals surface area contributed by atoms with E-state index in [9.17, 15) is 9.59 Å². The van der Waals surface area contributed by atoms with Crippen LogP contribution in [0.3, 0.4) is 0 Å². The van der Waals surface area contributed by atoms with E-state index < -0.39 is 0 Å². The lowest BCUT2D eigenvalue weighted by Gasteiger charge is -2.44. The summed E-state index contributed by atoms with van der Waals surface area (Å²) in [5, 5.41) is 5.31. The summed E-state index contributed by atoms with van der Waals surface area (Å²) in [6.07, 6.45) is 9.25. The Morgan fingerprint density at radius 1 is 1.00 bits per heavy atom. The van der Waals surface area contributed by atoms with Gasteiger partial charge in [-0.05, 0) is 74.8 Å². The van der Waals surface area contributed by atoms with Crippen molar-refractivity contribution in [2.45, 2.75) is 69.4 Å². The van der Waals surface area contributed by atoms with Crippen LogP contribution in [0.5, 0.6) is 0 Å². The summed E-state index contributed by atoms with van der Waals surface area (Å²) >= 11 is 1.66. The largest absolute Gasteiger partial charge is 0.355 e. The maximum Gasteiger partial charge on any atom is 0.254 e. The molecule has 1 aromatic heterocycles. The zero-order chi connectivity index (χ0) is 22.6. The van der Waals surface area contributed by atoms with E-state index in [2.05, 4.69) is 26.6 Å². The van der Waals surface area contributed by atoms with Gasteiger partial charge in [-0.3, -0.25) is 9.59 Å². The van der Waals surface area contributed by atoms with Gasteiger partial charge in [-0.2, -0.15) is 0 Å². The molecule has 1 saturated carbocycles. The molecule has 2 aromatic rings. The van der Waals surface area contributed by atoms with Crippen molar-refractivity contribution in [2.75, 3.05) is 26.2 Å². The molecule has 2 atom stereocenters. The Kier molecular flexibility index (Phi) is 7.12. The predicted molar refractivity (Wildman–Crippen MR) is 133 cm³/mol. The van der Waals surface area contributed by atoms with Gasteiger partial charge in [0.15, 0.2) is 0 Å². The van der Waals surface area contributed by atoms with E-state index in [4.69, 9.17) is 0 Å². The number of fused-ring (bicyclic) bond motifs is 1. The lowest BCUT2D eigenvalue weighted by atomic mass is 9.80. The van der Waals surface area contributed by atoms with E-state index in [0.29, 0.717) is 12.1 Å². The van der Waals surface area contributed by atoms with Crippen LogP contribution in [0.1, 0.15) is 84.1 Å². The Morgan fingerprint density at radius 3 is 2.55 bits per heavy atom. The molecular weight excluding hydrogens is 430 g/mol. The Labute approximate surface area is 201 Å². The summed E-state index contributed by atoms with van der Waals surface area (Å²) in [4.78, 5) is 33.1. The summed E-state index contributed by atoms with van der Waals surface area (Å²) in [5.74, 6) is -0.229. The average Bonchev–Trinajstić information content (AvgIpc) is 3.57. The molecule has 2 amide bonds. The molecule has 1 N–H and O–H groups in total. The number of hydrogen-bond donors (Lipinski definition) is 1. The van der Waals surface area contributed by atoms with Crippen molar-refractivity contribution >= 4 is 23.2 Å². The predicted octanol–water partition coefficient (Wildman–Crippen LogP) is 4.96. The van der Waals surface area contributed by atoms with E-state index in [1.807, 2.05) is 30.3 Å². The molecular formula is C27H35N3O2S. The molecule has 1 saturated heterocycles. The minimum atomic E-state index is -0.367. The summed E-state index contributed by atoms with van der Waals surface area (Å²) < 4.78 is 0. The topological polar surface area (TPSA) is 52.7 Å². The fraction of sp³-hybridized carbons (Fsp3) is 0.556. The number of likely N-dealkylation sites (tertiary alicyclic amines) is 1. The molecule has 33 heavy (non-hydrogen) atoms. The van der Waals surface area contributed by atoms with Gasteiger partial charge < -0.3 is 15.1 Å². The molecule has 6 heteroatoms. The minimum Gasteiger partial charge on any atom is -0.355 e. The highest BCUT2D eigenvalue weighted by molar-refractivity contribution is 7.10. The normalized spacial score (nSPS) is 24.1. The number of carbonyl (C=O) groups is 2. The SMILES string of the molecule is O=C(NCCCN1CCCCC1)[C@H]1c2ccccc2C(=O)N(C2CCCC2)[C@H]1c1cccs1. The van der Waals surface area contributed by atoms with Crippen LogP contribution in [-0.4, -0.2) is 53.8 Å². The van der Waals surface area contributed by atoms with Crippen molar-refractivity contribution in [3.05, 3.63) is 57.8 Å². The number of hydrogen-bond acceptors (Lipinski definition) is 4.